The third-order valence-corrected chi connectivity index (χ3v) is 3.85. The van der Waals surface area contributed by atoms with Crippen molar-refractivity contribution >= 4 is 5.82 Å². The molecule has 0 spiro atoms. The van der Waals surface area contributed by atoms with Gasteiger partial charge < -0.3 is 15.0 Å². The molecule has 4 heteroatoms. The van der Waals surface area contributed by atoms with E-state index in [1.165, 1.54) is 0 Å². The van der Waals surface area contributed by atoms with Gasteiger partial charge in [0, 0.05) is 31.4 Å². The predicted molar refractivity (Wildman–Crippen MR) is 83.5 cm³/mol. The molecule has 1 N–H and O–H groups in total. The maximum atomic E-state index is 5.94. The topological polar surface area (TPSA) is 37.4 Å². The number of piperazine rings is 1. The smallest absolute Gasteiger partial charge is 0.171 e. The van der Waals surface area contributed by atoms with E-state index in [9.17, 15) is 0 Å². The Bertz CT molecular complexity index is 422. The minimum Gasteiger partial charge on any atom is -0.487 e. The Hall–Kier alpha value is -1.29. The predicted octanol–water partition coefficient (Wildman–Crippen LogP) is 2.84. The number of aromatic nitrogens is 1. The number of ether oxygens (including phenoxy) is 1. The van der Waals surface area contributed by atoms with Crippen molar-refractivity contribution in [2.24, 2.45) is 0 Å². The number of hydrogen-bond donors (Lipinski definition) is 1. The normalized spacial score (nSPS) is 23.1. The summed E-state index contributed by atoms with van der Waals surface area (Å²) in [6.45, 7) is 10.6. The lowest BCUT2D eigenvalue weighted by Crippen LogP contribution is -2.56. The van der Waals surface area contributed by atoms with Gasteiger partial charge in [-0.3, -0.25) is 0 Å². The second kappa shape index (κ2) is 6.93. The van der Waals surface area contributed by atoms with E-state index in [2.05, 4.69) is 42.9 Å². The zero-order valence-electron chi connectivity index (χ0n) is 13.1. The number of hydrogen-bond acceptors (Lipinski definition) is 4. The molecule has 1 aromatic heterocycles. The first-order chi connectivity index (χ1) is 9.65. The van der Waals surface area contributed by atoms with Crippen LogP contribution in [0.25, 0.3) is 0 Å². The highest BCUT2D eigenvalue weighted by atomic mass is 16.5. The van der Waals surface area contributed by atoms with Crippen LogP contribution in [0.5, 0.6) is 5.75 Å². The van der Waals surface area contributed by atoms with E-state index < -0.39 is 0 Å². The van der Waals surface area contributed by atoms with Crippen molar-refractivity contribution in [1.29, 1.82) is 0 Å². The van der Waals surface area contributed by atoms with Gasteiger partial charge in [-0.15, -0.1) is 0 Å². The largest absolute Gasteiger partial charge is 0.487 e. The van der Waals surface area contributed by atoms with Gasteiger partial charge in [0.15, 0.2) is 11.6 Å². The van der Waals surface area contributed by atoms with Gasteiger partial charge in [0.25, 0.3) is 0 Å². The van der Waals surface area contributed by atoms with Crippen molar-refractivity contribution in [3.63, 3.8) is 0 Å². The van der Waals surface area contributed by atoms with Crippen LogP contribution in [0.2, 0.25) is 0 Å². The molecule has 4 nitrogen and oxygen atoms in total. The van der Waals surface area contributed by atoms with Gasteiger partial charge in [0.1, 0.15) is 0 Å². The van der Waals surface area contributed by atoms with Gasteiger partial charge in [0.2, 0.25) is 0 Å². The number of rotatable bonds is 5. The Kier molecular flexibility index (Phi) is 5.24. The van der Waals surface area contributed by atoms with Gasteiger partial charge >= 0.3 is 0 Å². The molecule has 20 heavy (non-hydrogen) atoms. The van der Waals surface area contributed by atoms with Gasteiger partial charge in [-0.05, 0) is 38.8 Å². The van der Waals surface area contributed by atoms with Crippen LogP contribution in [0.3, 0.4) is 0 Å². The summed E-state index contributed by atoms with van der Waals surface area (Å²) in [5.41, 5.74) is 0. The molecule has 2 rings (SSSR count). The fourth-order valence-electron chi connectivity index (χ4n) is 2.71. The molecule has 1 fully saturated rings. The molecule has 0 amide bonds. The summed E-state index contributed by atoms with van der Waals surface area (Å²) in [5.74, 6) is 1.89. The molecule has 0 bridgehead atoms. The van der Waals surface area contributed by atoms with Crippen LogP contribution in [0, 0.1) is 0 Å². The van der Waals surface area contributed by atoms with E-state index in [-0.39, 0.29) is 6.10 Å². The van der Waals surface area contributed by atoms with Crippen LogP contribution in [-0.2, 0) is 0 Å². The molecule has 1 aromatic rings. The van der Waals surface area contributed by atoms with E-state index >= 15 is 0 Å². The van der Waals surface area contributed by atoms with Gasteiger partial charge in [-0.1, -0.05) is 13.8 Å². The van der Waals surface area contributed by atoms with Crippen molar-refractivity contribution in [3.8, 4) is 5.75 Å². The van der Waals surface area contributed by atoms with Crippen molar-refractivity contribution in [3.05, 3.63) is 18.3 Å². The molecular formula is C16H27N3O. The Morgan fingerprint density at radius 1 is 1.40 bits per heavy atom. The average molecular weight is 277 g/mol. The number of nitrogens with one attached hydrogen (secondary N) is 1. The number of pyridine rings is 1. The van der Waals surface area contributed by atoms with Crippen LogP contribution in [0.15, 0.2) is 18.3 Å². The molecule has 0 aromatic carbocycles. The summed E-state index contributed by atoms with van der Waals surface area (Å²) in [7, 11) is 0. The van der Waals surface area contributed by atoms with E-state index in [0.717, 1.165) is 37.5 Å². The van der Waals surface area contributed by atoms with E-state index in [1.807, 2.05) is 18.3 Å². The third-order valence-electron chi connectivity index (χ3n) is 3.85. The SMILES string of the molecule is CCC1CN(c2ncccc2OC(C)C)C(CC)CN1. The summed E-state index contributed by atoms with van der Waals surface area (Å²) < 4.78 is 5.94. The minimum absolute atomic E-state index is 0.169. The first-order valence-electron chi connectivity index (χ1n) is 7.77. The minimum atomic E-state index is 0.169. The van der Waals surface area contributed by atoms with Crippen LogP contribution in [0.4, 0.5) is 5.82 Å². The average Bonchev–Trinajstić information content (AvgIpc) is 2.46. The summed E-state index contributed by atoms with van der Waals surface area (Å²) >= 11 is 0. The molecule has 0 aliphatic carbocycles. The third kappa shape index (κ3) is 3.42. The standard InChI is InChI=1S/C16H27N3O/c1-5-13-11-19(14(6-2)10-18-13)16-15(20-12(3)4)8-7-9-17-16/h7-9,12-14,18H,5-6,10-11H2,1-4H3. The van der Waals surface area contributed by atoms with Crippen LogP contribution in [0.1, 0.15) is 40.5 Å². The lowest BCUT2D eigenvalue weighted by atomic mass is 10.1. The molecule has 0 radical (unpaired) electrons. The molecule has 1 saturated heterocycles. The summed E-state index contributed by atoms with van der Waals surface area (Å²) in [6.07, 6.45) is 4.28. The van der Waals surface area contributed by atoms with Crippen LogP contribution >= 0.6 is 0 Å². The lowest BCUT2D eigenvalue weighted by molar-refractivity contribution is 0.240. The second-order valence-corrected chi connectivity index (χ2v) is 5.72. The highest BCUT2D eigenvalue weighted by molar-refractivity contribution is 5.53. The Balaban J connectivity index is 2.26. The van der Waals surface area contributed by atoms with Crippen molar-refractivity contribution in [2.75, 3.05) is 18.0 Å². The summed E-state index contributed by atoms with van der Waals surface area (Å²) in [5, 5.41) is 3.62. The molecule has 1 aliphatic heterocycles. The zero-order valence-corrected chi connectivity index (χ0v) is 13.1. The highest BCUT2D eigenvalue weighted by Gasteiger charge is 2.28. The fraction of sp³-hybridized carbons (Fsp3) is 0.688. The maximum absolute atomic E-state index is 5.94. The molecular weight excluding hydrogens is 250 g/mol. The fourth-order valence-corrected chi connectivity index (χ4v) is 2.71. The van der Waals surface area contributed by atoms with Crippen LogP contribution in [-0.4, -0.2) is 36.3 Å². The molecule has 0 saturated carbocycles. The molecule has 112 valence electrons. The molecule has 2 atom stereocenters. The summed E-state index contributed by atoms with van der Waals surface area (Å²) in [4.78, 5) is 7.01. The van der Waals surface area contributed by atoms with Crippen molar-refractivity contribution in [2.45, 2.75) is 58.7 Å². The number of nitrogens with zero attached hydrogens (tertiary/aromatic N) is 2. The van der Waals surface area contributed by atoms with Gasteiger partial charge in [-0.2, -0.15) is 0 Å². The number of anilines is 1. The van der Waals surface area contributed by atoms with Crippen LogP contribution < -0.4 is 15.0 Å². The molecule has 2 unspecified atom stereocenters. The molecule has 2 heterocycles. The van der Waals surface area contributed by atoms with Gasteiger partial charge in [-0.25, -0.2) is 4.98 Å². The first-order valence-corrected chi connectivity index (χ1v) is 7.77. The van der Waals surface area contributed by atoms with Gasteiger partial charge in [0.05, 0.1) is 6.10 Å². The second-order valence-electron chi connectivity index (χ2n) is 5.72. The maximum Gasteiger partial charge on any atom is 0.171 e. The quantitative estimate of drug-likeness (QED) is 0.898. The Morgan fingerprint density at radius 2 is 2.20 bits per heavy atom. The summed E-state index contributed by atoms with van der Waals surface area (Å²) in [6, 6.07) is 4.99. The van der Waals surface area contributed by atoms with Crippen molar-refractivity contribution in [1.82, 2.24) is 10.3 Å². The van der Waals surface area contributed by atoms with E-state index in [0.29, 0.717) is 12.1 Å². The zero-order chi connectivity index (χ0) is 14.5. The molecule has 1 aliphatic rings. The first kappa shape index (κ1) is 15.1. The van der Waals surface area contributed by atoms with E-state index in [1.54, 1.807) is 0 Å². The lowest BCUT2D eigenvalue weighted by Gasteiger charge is -2.41. The monoisotopic (exact) mass is 277 g/mol. The Morgan fingerprint density at radius 3 is 2.85 bits per heavy atom. The van der Waals surface area contributed by atoms with E-state index in [4.69, 9.17) is 4.74 Å². The Labute approximate surface area is 122 Å². The highest BCUT2D eigenvalue weighted by Crippen LogP contribution is 2.30. The van der Waals surface area contributed by atoms with Crippen molar-refractivity contribution < 1.29 is 4.74 Å².